The maximum Gasteiger partial charge on any atom is 0.261 e. The molecular weight excluding hydrogens is 380 g/mol. The topological polar surface area (TPSA) is 58.1 Å². The number of fused-ring (bicyclic) bond motifs is 2. The number of aromatic nitrogens is 2. The monoisotopic (exact) mass is 402 g/mol. The molecule has 1 amide bonds. The number of thiophene rings is 1. The first kappa shape index (κ1) is 18.2. The fraction of sp³-hybridized carbons (Fsp3) is 0.261. The van der Waals surface area contributed by atoms with Crippen LogP contribution in [-0.2, 0) is 6.54 Å². The van der Waals surface area contributed by atoms with E-state index in [1.165, 1.54) is 16.7 Å². The van der Waals surface area contributed by atoms with E-state index in [2.05, 4.69) is 45.5 Å². The van der Waals surface area contributed by atoms with Crippen LogP contribution < -0.4 is 5.32 Å². The highest BCUT2D eigenvalue weighted by Crippen LogP contribution is 2.39. The van der Waals surface area contributed by atoms with E-state index in [0.29, 0.717) is 5.92 Å². The lowest BCUT2D eigenvalue weighted by Crippen LogP contribution is -2.22. The second-order valence-electron chi connectivity index (χ2n) is 7.50. The van der Waals surface area contributed by atoms with E-state index in [4.69, 9.17) is 4.98 Å². The summed E-state index contributed by atoms with van der Waals surface area (Å²) in [5.41, 5.74) is 3.29. The van der Waals surface area contributed by atoms with Gasteiger partial charge in [-0.05, 0) is 36.7 Å². The third kappa shape index (κ3) is 3.39. The smallest absolute Gasteiger partial charge is 0.261 e. The molecule has 1 aliphatic rings. The van der Waals surface area contributed by atoms with Crippen molar-refractivity contribution in [1.29, 1.82) is 0 Å². The van der Waals surface area contributed by atoms with Gasteiger partial charge in [-0.1, -0.05) is 30.3 Å². The minimum absolute atomic E-state index is 0.0161. The number of nitrogens with one attached hydrogen (secondary N) is 1. The summed E-state index contributed by atoms with van der Waals surface area (Å²) in [5, 5.41) is 5.08. The molecule has 0 spiro atoms. The average Bonchev–Trinajstić information content (AvgIpc) is 3.37. The Bertz CT molecular complexity index is 1200. The van der Waals surface area contributed by atoms with Crippen LogP contribution in [0.5, 0.6) is 0 Å². The van der Waals surface area contributed by atoms with Crippen LogP contribution in [0.2, 0.25) is 0 Å². The van der Waals surface area contributed by atoms with Gasteiger partial charge in [0.15, 0.2) is 0 Å². The molecule has 0 bridgehead atoms. The minimum atomic E-state index is -0.0161. The molecule has 6 heteroatoms. The number of carbonyl (C=O) groups excluding carboxylic acids is 1. The van der Waals surface area contributed by atoms with Crippen molar-refractivity contribution in [3.8, 4) is 0 Å². The Morgan fingerprint density at radius 2 is 2.10 bits per heavy atom. The first-order chi connectivity index (χ1) is 14.2. The summed E-state index contributed by atoms with van der Waals surface area (Å²) in [4.78, 5) is 26.0. The first-order valence-electron chi connectivity index (χ1n) is 9.89. The van der Waals surface area contributed by atoms with Gasteiger partial charge in [-0.15, -0.1) is 11.3 Å². The zero-order valence-corrected chi connectivity index (χ0v) is 17.1. The van der Waals surface area contributed by atoms with E-state index < -0.39 is 0 Å². The molecule has 1 atom stereocenters. The van der Waals surface area contributed by atoms with Crippen LogP contribution >= 0.6 is 11.3 Å². The Morgan fingerprint density at radius 3 is 3.00 bits per heavy atom. The lowest BCUT2D eigenvalue weighted by atomic mass is 9.95. The number of amides is 1. The van der Waals surface area contributed by atoms with E-state index in [1.54, 1.807) is 13.2 Å². The van der Waals surface area contributed by atoms with Crippen molar-refractivity contribution in [3.05, 3.63) is 70.9 Å². The maximum atomic E-state index is 12.5. The lowest BCUT2D eigenvalue weighted by Gasteiger charge is -2.16. The molecule has 0 saturated carbocycles. The van der Waals surface area contributed by atoms with Crippen LogP contribution in [0.1, 0.15) is 33.3 Å². The predicted octanol–water partition coefficient (Wildman–Crippen LogP) is 4.19. The SMILES string of the molecule is CNC(=O)c1sc2ncccc2c1[C@@H]1CCN(Cc2ccc3ccccc3n2)C1. The van der Waals surface area contributed by atoms with E-state index in [-0.39, 0.29) is 5.91 Å². The zero-order chi connectivity index (χ0) is 19.8. The van der Waals surface area contributed by atoms with E-state index >= 15 is 0 Å². The molecule has 146 valence electrons. The van der Waals surface area contributed by atoms with Crippen LogP contribution in [0.25, 0.3) is 21.1 Å². The van der Waals surface area contributed by atoms with Crippen LogP contribution in [0, 0.1) is 0 Å². The van der Waals surface area contributed by atoms with Crippen molar-refractivity contribution < 1.29 is 4.79 Å². The number of benzene rings is 1. The van der Waals surface area contributed by atoms with Crippen molar-refractivity contribution in [2.24, 2.45) is 0 Å². The number of carbonyl (C=O) groups is 1. The second-order valence-corrected chi connectivity index (χ2v) is 8.50. The highest BCUT2D eigenvalue weighted by molar-refractivity contribution is 7.20. The largest absolute Gasteiger partial charge is 0.354 e. The van der Waals surface area contributed by atoms with Crippen LogP contribution in [0.3, 0.4) is 0 Å². The zero-order valence-electron chi connectivity index (χ0n) is 16.3. The molecule has 4 heterocycles. The first-order valence-corrected chi connectivity index (χ1v) is 10.7. The summed E-state index contributed by atoms with van der Waals surface area (Å²) in [5.74, 6) is 0.318. The maximum absolute atomic E-state index is 12.5. The number of rotatable bonds is 4. The quantitative estimate of drug-likeness (QED) is 0.556. The Labute approximate surface area is 173 Å². The van der Waals surface area contributed by atoms with Gasteiger partial charge in [-0.3, -0.25) is 14.7 Å². The number of likely N-dealkylation sites (tertiary alicyclic amines) is 1. The highest BCUT2D eigenvalue weighted by atomic mass is 32.1. The van der Waals surface area contributed by atoms with Gasteiger partial charge in [0.2, 0.25) is 0 Å². The fourth-order valence-electron chi connectivity index (χ4n) is 4.28. The molecule has 5 nitrogen and oxygen atoms in total. The average molecular weight is 403 g/mol. The number of nitrogens with zero attached hydrogens (tertiary/aromatic N) is 3. The van der Waals surface area contributed by atoms with Crippen LogP contribution in [0.4, 0.5) is 0 Å². The second kappa shape index (κ2) is 7.54. The van der Waals surface area contributed by atoms with Crippen molar-refractivity contribution in [1.82, 2.24) is 20.2 Å². The summed E-state index contributed by atoms with van der Waals surface area (Å²) >= 11 is 1.50. The van der Waals surface area contributed by atoms with Gasteiger partial charge in [-0.2, -0.15) is 0 Å². The molecule has 1 N–H and O–H groups in total. The molecule has 1 aliphatic heterocycles. The molecule has 1 aromatic carbocycles. The number of para-hydroxylation sites is 1. The van der Waals surface area contributed by atoms with E-state index in [0.717, 1.165) is 57.9 Å². The molecule has 5 rings (SSSR count). The summed E-state index contributed by atoms with van der Waals surface area (Å²) in [7, 11) is 1.69. The summed E-state index contributed by atoms with van der Waals surface area (Å²) in [6, 6.07) is 16.5. The summed E-state index contributed by atoms with van der Waals surface area (Å²) in [6.45, 7) is 2.76. The predicted molar refractivity (Wildman–Crippen MR) is 117 cm³/mol. The van der Waals surface area contributed by atoms with Gasteiger partial charge in [-0.25, -0.2) is 4.98 Å². The normalized spacial score (nSPS) is 17.2. The number of pyridine rings is 2. The summed E-state index contributed by atoms with van der Waals surface area (Å²) < 4.78 is 0. The van der Waals surface area contributed by atoms with Crippen LogP contribution in [0.15, 0.2) is 54.7 Å². The molecule has 1 fully saturated rings. The Kier molecular flexibility index (Phi) is 4.73. The molecule has 4 aromatic rings. The van der Waals surface area contributed by atoms with E-state index in [1.807, 2.05) is 18.2 Å². The Balaban J connectivity index is 1.41. The van der Waals surface area contributed by atoms with Gasteiger partial charge < -0.3 is 5.32 Å². The third-order valence-electron chi connectivity index (χ3n) is 5.66. The van der Waals surface area contributed by atoms with E-state index in [9.17, 15) is 4.79 Å². The Morgan fingerprint density at radius 1 is 1.21 bits per heavy atom. The standard InChI is InChI=1S/C23H22N4OS/c1-24-22(28)21-20(18-6-4-11-25-23(18)29-21)16-10-12-27(13-16)14-17-9-8-15-5-2-3-7-19(15)26-17/h2-9,11,16H,10,12-14H2,1H3,(H,24,28)/t16-/m1/s1. The molecule has 0 aliphatic carbocycles. The van der Waals surface area contributed by atoms with Crippen molar-refractivity contribution in [2.75, 3.05) is 20.1 Å². The fourth-order valence-corrected chi connectivity index (χ4v) is 5.45. The van der Waals surface area contributed by atoms with Gasteiger partial charge in [0.05, 0.1) is 16.1 Å². The van der Waals surface area contributed by atoms with Crippen molar-refractivity contribution in [2.45, 2.75) is 18.9 Å². The third-order valence-corrected chi connectivity index (χ3v) is 6.79. The van der Waals surface area contributed by atoms with Crippen molar-refractivity contribution in [3.63, 3.8) is 0 Å². The minimum Gasteiger partial charge on any atom is -0.354 e. The molecule has 3 aromatic heterocycles. The number of hydrogen-bond acceptors (Lipinski definition) is 5. The Hall–Kier alpha value is -2.83. The van der Waals surface area contributed by atoms with Gasteiger partial charge in [0, 0.05) is 43.0 Å². The molecular formula is C23H22N4OS. The molecule has 0 radical (unpaired) electrons. The van der Waals surface area contributed by atoms with Gasteiger partial charge in [0.1, 0.15) is 4.83 Å². The van der Waals surface area contributed by atoms with Gasteiger partial charge >= 0.3 is 0 Å². The highest BCUT2D eigenvalue weighted by Gasteiger charge is 2.30. The molecule has 1 saturated heterocycles. The molecule has 0 unspecified atom stereocenters. The van der Waals surface area contributed by atoms with Gasteiger partial charge in [0.25, 0.3) is 5.91 Å². The molecule has 29 heavy (non-hydrogen) atoms. The summed E-state index contributed by atoms with van der Waals surface area (Å²) in [6.07, 6.45) is 2.83. The van der Waals surface area contributed by atoms with Crippen molar-refractivity contribution >= 4 is 38.4 Å². The lowest BCUT2D eigenvalue weighted by molar-refractivity contribution is 0.0966. The van der Waals surface area contributed by atoms with Crippen LogP contribution in [-0.4, -0.2) is 40.9 Å². The number of hydrogen-bond donors (Lipinski definition) is 1.